The van der Waals surface area contributed by atoms with Crippen LogP contribution in [0.2, 0.25) is 0 Å². The van der Waals surface area contributed by atoms with Gasteiger partial charge in [0, 0.05) is 38.3 Å². The Labute approximate surface area is 232 Å². The highest BCUT2D eigenvalue weighted by Crippen LogP contribution is 2.26. The number of hydrogen-bond donors (Lipinski definition) is 2. The summed E-state index contributed by atoms with van der Waals surface area (Å²) in [4.78, 5) is 30.8. The number of rotatable bonds is 12. The summed E-state index contributed by atoms with van der Waals surface area (Å²) >= 11 is 0. The van der Waals surface area contributed by atoms with Gasteiger partial charge in [0.15, 0.2) is 0 Å². The molecule has 1 aromatic rings. The molecule has 2 saturated carbocycles. The minimum atomic E-state index is 0.0751. The summed E-state index contributed by atoms with van der Waals surface area (Å²) in [6.45, 7) is 7.04. The Bertz CT molecular complexity index is 750. The lowest BCUT2D eigenvalue weighted by molar-refractivity contribution is 0.161. The number of nitrogens with one attached hydrogen (secondary N) is 2. The van der Waals surface area contributed by atoms with Crippen molar-refractivity contribution >= 4 is 12.1 Å². The lowest BCUT2D eigenvalue weighted by atomic mass is 10.0. The van der Waals surface area contributed by atoms with Crippen molar-refractivity contribution < 1.29 is 9.59 Å². The summed E-state index contributed by atoms with van der Waals surface area (Å²) in [5.74, 6) is 0. The van der Waals surface area contributed by atoms with Crippen molar-refractivity contribution in [3.8, 4) is 0 Å². The van der Waals surface area contributed by atoms with E-state index in [1.165, 1.54) is 51.4 Å². The predicted octanol–water partition coefficient (Wildman–Crippen LogP) is 7.76. The lowest BCUT2D eigenvalue weighted by Gasteiger charge is -2.33. The normalized spacial score (nSPS) is 17.3. The molecule has 0 aromatic heterocycles. The molecule has 0 bridgehead atoms. The average molecular weight is 527 g/mol. The Hall–Kier alpha value is -2.24. The van der Waals surface area contributed by atoms with Crippen molar-refractivity contribution in [3.05, 3.63) is 35.4 Å². The Kier molecular flexibility index (Phi) is 13.9. The second kappa shape index (κ2) is 17.4. The Balaban J connectivity index is 1.74. The van der Waals surface area contributed by atoms with Crippen LogP contribution in [0.5, 0.6) is 0 Å². The third-order valence-electron chi connectivity index (χ3n) is 8.36. The number of nitrogens with zero attached hydrogens (tertiary/aromatic N) is 2. The number of benzene rings is 1. The largest absolute Gasteiger partial charge is 0.338 e. The quantitative estimate of drug-likeness (QED) is 0.216. The van der Waals surface area contributed by atoms with Crippen LogP contribution in [0.4, 0.5) is 9.59 Å². The second-order valence-electron chi connectivity index (χ2n) is 11.5. The summed E-state index contributed by atoms with van der Waals surface area (Å²) in [6.07, 6.45) is 18.4. The van der Waals surface area contributed by atoms with Crippen LogP contribution in [-0.4, -0.2) is 47.0 Å². The van der Waals surface area contributed by atoms with Crippen LogP contribution in [0.15, 0.2) is 24.3 Å². The highest BCUT2D eigenvalue weighted by atomic mass is 16.2. The molecule has 2 aliphatic rings. The third kappa shape index (κ3) is 10.1. The van der Waals surface area contributed by atoms with Gasteiger partial charge in [0.1, 0.15) is 0 Å². The van der Waals surface area contributed by atoms with Crippen LogP contribution < -0.4 is 10.6 Å². The van der Waals surface area contributed by atoms with E-state index in [9.17, 15) is 9.59 Å². The van der Waals surface area contributed by atoms with Crippen LogP contribution in [-0.2, 0) is 13.1 Å². The SMILES string of the molecule is CCCCNC(=O)N(Cc1cccc(CN(C(=O)NCCCC)C2CCCCCC2)c1)C1CCCCCC1. The molecule has 0 saturated heterocycles. The molecule has 0 heterocycles. The molecule has 2 aliphatic carbocycles. The number of hydrogen-bond acceptors (Lipinski definition) is 2. The van der Waals surface area contributed by atoms with Gasteiger partial charge < -0.3 is 20.4 Å². The van der Waals surface area contributed by atoms with Crippen LogP contribution in [0, 0.1) is 0 Å². The minimum absolute atomic E-state index is 0.0751. The molecule has 2 fully saturated rings. The van der Waals surface area contributed by atoms with E-state index in [-0.39, 0.29) is 12.1 Å². The maximum absolute atomic E-state index is 13.3. The molecule has 214 valence electrons. The fourth-order valence-corrected chi connectivity index (χ4v) is 6.04. The first-order chi connectivity index (χ1) is 18.6. The molecule has 6 nitrogen and oxygen atoms in total. The molecule has 3 rings (SSSR count). The van der Waals surface area contributed by atoms with Gasteiger partial charge in [0.25, 0.3) is 0 Å². The number of carbonyl (C=O) groups is 2. The first kappa shape index (κ1) is 30.3. The standard InChI is InChI=1S/C32H54N4O2/c1-3-5-22-33-31(37)35(29-18-11-7-8-12-19-29)25-27-16-15-17-28(24-27)26-36(32(38)34-23-6-4-2)30-20-13-9-10-14-21-30/h15-17,24,29-30H,3-14,18-23,25-26H2,1-2H3,(H,33,37)(H,34,38). The second-order valence-corrected chi connectivity index (χ2v) is 11.5. The Morgan fingerprint density at radius 3 is 1.45 bits per heavy atom. The molecule has 0 unspecified atom stereocenters. The lowest BCUT2D eigenvalue weighted by Crippen LogP contribution is -2.46. The van der Waals surface area contributed by atoms with Crippen molar-refractivity contribution in [2.45, 2.75) is 142 Å². The summed E-state index contributed by atoms with van der Waals surface area (Å²) in [7, 11) is 0. The van der Waals surface area contributed by atoms with E-state index >= 15 is 0 Å². The van der Waals surface area contributed by atoms with Crippen molar-refractivity contribution in [2.24, 2.45) is 0 Å². The molecule has 1 aromatic carbocycles. The molecule has 0 atom stereocenters. The number of carbonyl (C=O) groups excluding carboxylic acids is 2. The molecule has 6 heteroatoms. The minimum Gasteiger partial charge on any atom is -0.338 e. The Morgan fingerprint density at radius 1 is 0.684 bits per heavy atom. The maximum atomic E-state index is 13.3. The third-order valence-corrected chi connectivity index (χ3v) is 8.36. The molecule has 0 aliphatic heterocycles. The van der Waals surface area contributed by atoms with E-state index < -0.39 is 0 Å². The van der Waals surface area contributed by atoms with Gasteiger partial charge in [0.05, 0.1) is 0 Å². The zero-order chi connectivity index (χ0) is 27.0. The van der Waals surface area contributed by atoms with E-state index in [1.54, 1.807) is 0 Å². The monoisotopic (exact) mass is 526 g/mol. The summed E-state index contributed by atoms with van der Waals surface area (Å²) in [5.41, 5.74) is 2.31. The highest BCUT2D eigenvalue weighted by Gasteiger charge is 2.26. The zero-order valence-corrected chi connectivity index (χ0v) is 24.3. The van der Waals surface area contributed by atoms with Crippen LogP contribution in [0.1, 0.15) is 128 Å². The van der Waals surface area contributed by atoms with Gasteiger partial charge in [0.2, 0.25) is 0 Å². The van der Waals surface area contributed by atoms with Gasteiger partial charge in [-0.3, -0.25) is 0 Å². The number of urea groups is 2. The molecular formula is C32H54N4O2. The van der Waals surface area contributed by atoms with Crippen LogP contribution in [0.3, 0.4) is 0 Å². The summed E-state index contributed by atoms with van der Waals surface area (Å²) in [5, 5.41) is 6.36. The first-order valence-corrected chi connectivity index (χ1v) is 15.8. The zero-order valence-electron chi connectivity index (χ0n) is 24.3. The van der Waals surface area contributed by atoms with Gasteiger partial charge in [-0.2, -0.15) is 0 Å². The molecule has 4 amide bonds. The van der Waals surface area contributed by atoms with Gasteiger partial charge >= 0.3 is 12.1 Å². The van der Waals surface area contributed by atoms with Crippen molar-refractivity contribution in [1.82, 2.24) is 20.4 Å². The van der Waals surface area contributed by atoms with Gasteiger partial charge in [-0.05, 0) is 49.7 Å². The van der Waals surface area contributed by atoms with Crippen LogP contribution >= 0.6 is 0 Å². The van der Waals surface area contributed by atoms with Crippen molar-refractivity contribution in [3.63, 3.8) is 0 Å². The summed E-state index contributed by atoms with van der Waals surface area (Å²) < 4.78 is 0. The highest BCUT2D eigenvalue weighted by molar-refractivity contribution is 5.75. The molecule has 0 spiro atoms. The Morgan fingerprint density at radius 2 is 1.08 bits per heavy atom. The fraction of sp³-hybridized carbons (Fsp3) is 0.750. The molecule has 0 radical (unpaired) electrons. The van der Waals surface area contributed by atoms with Gasteiger partial charge in [-0.25, -0.2) is 9.59 Å². The van der Waals surface area contributed by atoms with E-state index in [4.69, 9.17) is 0 Å². The first-order valence-electron chi connectivity index (χ1n) is 15.8. The molecular weight excluding hydrogens is 472 g/mol. The van der Waals surface area contributed by atoms with E-state index in [2.05, 4.69) is 58.5 Å². The number of unbranched alkanes of at least 4 members (excludes halogenated alkanes) is 2. The maximum Gasteiger partial charge on any atom is 0.317 e. The van der Waals surface area contributed by atoms with Gasteiger partial charge in [-0.15, -0.1) is 0 Å². The average Bonchev–Trinajstić information content (AvgIpc) is 3.36. The molecule has 2 N–H and O–H groups in total. The van der Waals surface area contributed by atoms with E-state index in [0.717, 1.165) is 75.6 Å². The van der Waals surface area contributed by atoms with E-state index in [1.807, 2.05) is 0 Å². The predicted molar refractivity (Wildman–Crippen MR) is 157 cm³/mol. The van der Waals surface area contributed by atoms with E-state index in [0.29, 0.717) is 25.2 Å². The smallest absolute Gasteiger partial charge is 0.317 e. The molecule has 38 heavy (non-hydrogen) atoms. The van der Waals surface area contributed by atoms with Crippen molar-refractivity contribution in [1.29, 1.82) is 0 Å². The summed E-state index contributed by atoms with van der Waals surface area (Å²) in [6, 6.07) is 9.37. The number of amides is 4. The van der Waals surface area contributed by atoms with Gasteiger partial charge in [-0.1, -0.05) is 102 Å². The topological polar surface area (TPSA) is 64.7 Å². The van der Waals surface area contributed by atoms with Crippen LogP contribution in [0.25, 0.3) is 0 Å². The van der Waals surface area contributed by atoms with Crippen molar-refractivity contribution in [2.75, 3.05) is 13.1 Å². The fourth-order valence-electron chi connectivity index (χ4n) is 6.04.